The van der Waals surface area contributed by atoms with Crippen molar-refractivity contribution in [3.8, 4) is 11.4 Å². The Balaban J connectivity index is 1.58. The van der Waals surface area contributed by atoms with Gasteiger partial charge < -0.3 is 14.3 Å². The molecule has 0 aromatic carbocycles. The first-order chi connectivity index (χ1) is 11.6. The summed E-state index contributed by atoms with van der Waals surface area (Å²) in [5, 5.41) is 12.3. The van der Waals surface area contributed by atoms with E-state index in [2.05, 4.69) is 22.4 Å². The molecule has 6 nitrogen and oxygen atoms in total. The standard InChI is InChI=1S/C17H24N4O2S/c1-11-6-4-5-7-14(11)18-15(22)10-24-17-20-19-16(21(17)3)13-8-9-23-12(13)2/h8-9,11,14H,4-7,10H2,1-3H3,(H,18,22)/t11-,14+/m0/s1. The third-order valence-electron chi connectivity index (χ3n) is 4.72. The average Bonchev–Trinajstić information content (AvgIpc) is 3.13. The molecule has 1 aliphatic carbocycles. The molecule has 2 atom stereocenters. The van der Waals surface area contributed by atoms with E-state index in [9.17, 15) is 4.79 Å². The number of nitrogens with one attached hydrogen (secondary N) is 1. The van der Waals surface area contributed by atoms with E-state index in [0.29, 0.717) is 17.7 Å². The molecule has 1 amide bonds. The Morgan fingerprint density at radius 3 is 2.92 bits per heavy atom. The summed E-state index contributed by atoms with van der Waals surface area (Å²) >= 11 is 1.42. The topological polar surface area (TPSA) is 72.9 Å². The third kappa shape index (κ3) is 3.66. The first-order valence-electron chi connectivity index (χ1n) is 8.42. The molecule has 0 unspecified atom stereocenters. The van der Waals surface area contributed by atoms with E-state index < -0.39 is 0 Å². The number of nitrogens with zero attached hydrogens (tertiary/aromatic N) is 3. The fourth-order valence-corrected chi connectivity index (χ4v) is 3.92. The van der Waals surface area contributed by atoms with Gasteiger partial charge in [-0.15, -0.1) is 10.2 Å². The summed E-state index contributed by atoms with van der Waals surface area (Å²) in [5.74, 6) is 2.57. The van der Waals surface area contributed by atoms with E-state index in [4.69, 9.17) is 4.42 Å². The maximum absolute atomic E-state index is 12.2. The fraction of sp³-hybridized carbons (Fsp3) is 0.588. The van der Waals surface area contributed by atoms with Crippen LogP contribution in [-0.4, -0.2) is 32.5 Å². The summed E-state index contributed by atoms with van der Waals surface area (Å²) in [7, 11) is 1.91. The highest BCUT2D eigenvalue weighted by Crippen LogP contribution is 2.26. The summed E-state index contributed by atoms with van der Waals surface area (Å²) in [4.78, 5) is 12.2. The maximum atomic E-state index is 12.2. The van der Waals surface area contributed by atoms with Gasteiger partial charge >= 0.3 is 0 Å². The van der Waals surface area contributed by atoms with Gasteiger partial charge in [0, 0.05) is 13.1 Å². The van der Waals surface area contributed by atoms with Gasteiger partial charge in [-0.05, 0) is 31.7 Å². The molecule has 0 radical (unpaired) electrons. The fourth-order valence-electron chi connectivity index (χ4n) is 3.20. The normalized spacial score (nSPS) is 21.0. The van der Waals surface area contributed by atoms with Crippen LogP contribution < -0.4 is 5.32 Å². The summed E-state index contributed by atoms with van der Waals surface area (Å²) in [6.45, 7) is 4.12. The van der Waals surface area contributed by atoms with E-state index in [1.807, 2.05) is 24.6 Å². The molecule has 1 saturated carbocycles. The van der Waals surface area contributed by atoms with Crippen LogP contribution in [0.2, 0.25) is 0 Å². The molecule has 0 bridgehead atoms. The number of aryl methyl sites for hydroxylation is 1. The molecule has 3 rings (SSSR count). The lowest BCUT2D eigenvalue weighted by Crippen LogP contribution is -2.41. The van der Waals surface area contributed by atoms with Gasteiger partial charge in [-0.2, -0.15) is 0 Å². The van der Waals surface area contributed by atoms with Crippen molar-refractivity contribution in [3.63, 3.8) is 0 Å². The quantitative estimate of drug-likeness (QED) is 0.840. The van der Waals surface area contributed by atoms with Crippen LogP contribution in [-0.2, 0) is 11.8 Å². The number of hydrogen-bond acceptors (Lipinski definition) is 5. The second kappa shape index (κ2) is 7.42. The van der Waals surface area contributed by atoms with Gasteiger partial charge in [0.1, 0.15) is 5.76 Å². The van der Waals surface area contributed by atoms with Gasteiger partial charge in [0.2, 0.25) is 5.91 Å². The largest absolute Gasteiger partial charge is 0.469 e. The van der Waals surface area contributed by atoms with Gasteiger partial charge in [-0.25, -0.2) is 0 Å². The number of amides is 1. The summed E-state index contributed by atoms with van der Waals surface area (Å²) < 4.78 is 7.23. The monoisotopic (exact) mass is 348 g/mol. The molecule has 130 valence electrons. The van der Waals surface area contributed by atoms with E-state index in [-0.39, 0.29) is 5.91 Å². The van der Waals surface area contributed by atoms with Crippen molar-refractivity contribution in [2.75, 3.05) is 5.75 Å². The van der Waals surface area contributed by atoms with Crippen LogP contribution in [0, 0.1) is 12.8 Å². The van der Waals surface area contributed by atoms with Crippen molar-refractivity contribution in [3.05, 3.63) is 18.1 Å². The highest BCUT2D eigenvalue weighted by molar-refractivity contribution is 7.99. The van der Waals surface area contributed by atoms with Crippen LogP contribution >= 0.6 is 11.8 Å². The minimum Gasteiger partial charge on any atom is -0.469 e. The Labute approximate surface area is 146 Å². The smallest absolute Gasteiger partial charge is 0.230 e. The van der Waals surface area contributed by atoms with Gasteiger partial charge in [0.05, 0.1) is 17.6 Å². The Bertz CT molecular complexity index is 709. The second-order valence-corrected chi connectivity index (χ2v) is 7.42. The van der Waals surface area contributed by atoms with E-state index in [1.54, 1.807) is 6.26 Å². The molecule has 2 heterocycles. The lowest BCUT2D eigenvalue weighted by Gasteiger charge is -2.29. The molecular weight excluding hydrogens is 324 g/mol. The molecule has 2 aromatic heterocycles. The molecular formula is C17H24N4O2S. The maximum Gasteiger partial charge on any atom is 0.230 e. The van der Waals surface area contributed by atoms with Crippen LogP contribution in [0.15, 0.2) is 21.9 Å². The van der Waals surface area contributed by atoms with Crippen LogP contribution in [0.3, 0.4) is 0 Å². The Morgan fingerprint density at radius 2 is 2.21 bits per heavy atom. The molecule has 2 aromatic rings. The van der Waals surface area contributed by atoms with E-state index >= 15 is 0 Å². The average molecular weight is 348 g/mol. The molecule has 0 aliphatic heterocycles. The summed E-state index contributed by atoms with van der Waals surface area (Å²) in [5.41, 5.74) is 0.928. The number of aromatic nitrogens is 3. The van der Waals surface area contributed by atoms with E-state index in [0.717, 1.165) is 28.7 Å². The molecule has 1 N–H and O–H groups in total. The van der Waals surface area contributed by atoms with Crippen LogP contribution in [0.4, 0.5) is 0 Å². The lowest BCUT2D eigenvalue weighted by atomic mass is 9.86. The molecule has 1 aliphatic rings. The predicted octanol–water partition coefficient (Wildman–Crippen LogP) is 3.17. The van der Waals surface area contributed by atoms with Crippen LogP contribution in [0.25, 0.3) is 11.4 Å². The first kappa shape index (κ1) is 17.1. The third-order valence-corrected chi connectivity index (χ3v) is 5.75. The Kier molecular flexibility index (Phi) is 5.28. The number of carbonyl (C=O) groups excluding carboxylic acids is 1. The summed E-state index contributed by atoms with van der Waals surface area (Å²) in [6, 6.07) is 2.20. The van der Waals surface area contributed by atoms with Crippen molar-refractivity contribution in [1.82, 2.24) is 20.1 Å². The predicted molar refractivity (Wildman–Crippen MR) is 93.7 cm³/mol. The zero-order valence-corrected chi connectivity index (χ0v) is 15.2. The Hall–Kier alpha value is -1.76. The number of furan rings is 1. The highest BCUT2D eigenvalue weighted by atomic mass is 32.2. The zero-order valence-electron chi connectivity index (χ0n) is 14.4. The van der Waals surface area contributed by atoms with Gasteiger partial charge in [-0.1, -0.05) is 31.5 Å². The van der Waals surface area contributed by atoms with Crippen molar-refractivity contribution >= 4 is 17.7 Å². The van der Waals surface area contributed by atoms with Gasteiger partial charge in [-0.3, -0.25) is 4.79 Å². The molecule has 0 saturated heterocycles. The molecule has 1 fully saturated rings. The molecule has 24 heavy (non-hydrogen) atoms. The number of rotatable bonds is 5. The number of hydrogen-bond donors (Lipinski definition) is 1. The van der Waals surface area contributed by atoms with Crippen molar-refractivity contribution in [1.29, 1.82) is 0 Å². The van der Waals surface area contributed by atoms with Crippen molar-refractivity contribution in [2.45, 2.75) is 50.7 Å². The highest BCUT2D eigenvalue weighted by Gasteiger charge is 2.23. The number of carbonyl (C=O) groups is 1. The minimum atomic E-state index is 0.0720. The lowest BCUT2D eigenvalue weighted by molar-refractivity contribution is -0.119. The Morgan fingerprint density at radius 1 is 1.42 bits per heavy atom. The van der Waals surface area contributed by atoms with Gasteiger partial charge in [0.15, 0.2) is 11.0 Å². The van der Waals surface area contributed by atoms with E-state index in [1.165, 1.54) is 31.0 Å². The molecule has 0 spiro atoms. The molecule has 7 heteroatoms. The van der Waals surface area contributed by atoms with Gasteiger partial charge in [0.25, 0.3) is 0 Å². The van der Waals surface area contributed by atoms with Crippen molar-refractivity contribution < 1.29 is 9.21 Å². The first-order valence-corrected chi connectivity index (χ1v) is 9.41. The second-order valence-electron chi connectivity index (χ2n) is 6.48. The van der Waals surface area contributed by atoms with Crippen LogP contribution in [0.5, 0.6) is 0 Å². The van der Waals surface area contributed by atoms with Crippen molar-refractivity contribution in [2.24, 2.45) is 13.0 Å². The zero-order chi connectivity index (χ0) is 17.1. The minimum absolute atomic E-state index is 0.0720. The summed E-state index contributed by atoms with van der Waals surface area (Å²) in [6.07, 6.45) is 6.42. The number of thioether (sulfide) groups is 1. The van der Waals surface area contributed by atoms with Crippen LogP contribution in [0.1, 0.15) is 38.4 Å². The SMILES string of the molecule is Cc1occc1-c1nnc(SCC(=O)N[C@@H]2CCCC[C@@H]2C)n1C.